The van der Waals surface area contributed by atoms with E-state index in [1.165, 1.54) is 6.08 Å². The second kappa shape index (κ2) is 4.20. The molecule has 0 radical (unpaired) electrons. The zero-order valence-corrected chi connectivity index (χ0v) is 10.6. The third-order valence-corrected chi connectivity index (χ3v) is 4.33. The number of sulfone groups is 1. The predicted octanol–water partition coefficient (Wildman–Crippen LogP) is 0.603. The molecule has 19 heavy (non-hydrogen) atoms. The van der Waals surface area contributed by atoms with Gasteiger partial charge in [-0.05, 0) is 12.1 Å². The number of benzene rings is 1. The summed E-state index contributed by atoms with van der Waals surface area (Å²) in [6.45, 7) is 0. The lowest BCUT2D eigenvalue weighted by atomic mass is 10.2. The number of hydrogen-bond acceptors (Lipinski definition) is 4. The highest BCUT2D eigenvalue weighted by Gasteiger charge is 2.24. The number of nitrogens with one attached hydrogen (secondary N) is 2. The number of nitrogens with zero attached hydrogens (tertiary/aromatic N) is 1. The van der Waals surface area contributed by atoms with E-state index in [0.717, 1.165) is 10.9 Å². The Morgan fingerprint density at radius 3 is 2.89 bits per heavy atom. The minimum atomic E-state index is -3.18. The van der Waals surface area contributed by atoms with Crippen molar-refractivity contribution in [2.75, 3.05) is 5.75 Å². The van der Waals surface area contributed by atoms with Crippen LogP contribution >= 0.6 is 0 Å². The fraction of sp³-hybridized carbons (Fsp3) is 0.167. The molecule has 1 unspecified atom stereocenters. The molecule has 2 heterocycles. The van der Waals surface area contributed by atoms with Gasteiger partial charge in [0.15, 0.2) is 15.5 Å². The number of fused-ring (bicyclic) bond motifs is 1. The highest BCUT2D eigenvalue weighted by molar-refractivity contribution is 7.94. The first-order valence-electron chi connectivity index (χ1n) is 5.70. The number of amides is 1. The second-order valence-electron chi connectivity index (χ2n) is 4.36. The Balaban J connectivity index is 1.84. The Morgan fingerprint density at radius 1 is 1.37 bits per heavy atom. The molecule has 3 rings (SSSR count). The highest BCUT2D eigenvalue weighted by atomic mass is 32.2. The molecule has 2 N–H and O–H groups in total. The van der Waals surface area contributed by atoms with Crippen LogP contribution in [-0.2, 0) is 9.84 Å². The summed E-state index contributed by atoms with van der Waals surface area (Å²) in [6, 6.07) is 6.77. The molecule has 0 aliphatic carbocycles. The molecular weight excluding hydrogens is 266 g/mol. The molecule has 0 saturated heterocycles. The lowest BCUT2D eigenvalue weighted by Gasteiger charge is -2.08. The maximum Gasteiger partial charge on any atom is 0.272 e. The summed E-state index contributed by atoms with van der Waals surface area (Å²) in [5, 5.41) is 11.2. The molecule has 0 fully saturated rings. The van der Waals surface area contributed by atoms with Crippen molar-refractivity contribution in [2.45, 2.75) is 6.04 Å². The fourth-order valence-electron chi connectivity index (χ4n) is 2.04. The molecule has 7 heteroatoms. The molecule has 1 aliphatic rings. The van der Waals surface area contributed by atoms with Crippen molar-refractivity contribution < 1.29 is 13.2 Å². The first-order chi connectivity index (χ1) is 9.05. The smallest absolute Gasteiger partial charge is 0.272 e. The lowest BCUT2D eigenvalue weighted by molar-refractivity contribution is 0.0944. The number of aromatic nitrogens is 2. The second-order valence-corrected chi connectivity index (χ2v) is 6.29. The normalized spacial score (nSPS) is 20.7. The van der Waals surface area contributed by atoms with Gasteiger partial charge in [-0.15, -0.1) is 0 Å². The van der Waals surface area contributed by atoms with Crippen LogP contribution < -0.4 is 5.32 Å². The van der Waals surface area contributed by atoms with E-state index < -0.39 is 15.9 Å². The van der Waals surface area contributed by atoms with Gasteiger partial charge >= 0.3 is 0 Å². The summed E-state index contributed by atoms with van der Waals surface area (Å²) in [4.78, 5) is 12.1. The molecule has 1 atom stereocenters. The van der Waals surface area contributed by atoms with E-state index in [2.05, 4.69) is 15.5 Å². The minimum Gasteiger partial charge on any atom is -0.343 e. The summed E-state index contributed by atoms with van der Waals surface area (Å²) in [7, 11) is -3.18. The average molecular weight is 277 g/mol. The first kappa shape index (κ1) is 11.9. The van der Waals surface area contributed by atoms with E-state index in [4.69, 9.17) is 0 Å². The van der Waals surface area contributed by atoms with Gasteiger partial charge in [0, 0.05) is 10.8 Å². The SMILES string of the molecule is O=C(NC1C=CS(=O)(=O)C1)c1n[nH]c2ccccc12. The Morgan fingerprint density at radius 2 is 2.16 bits per heavy atom. The number of para-hydroxylation sites is 1. The number of hydrogen-bond donors (Lipinski definition) is 2. The van der Waals surface area contributed by atoms with Crippen LogP contribution in [0.5, 0.6) is 0 Å². The maximum absolute atomic E-state index is 12.1. The number of carbonyl (C=O) groups excluding carboxylic acids is 1. The molecule has 1 aromatic carbocycles. The summed E-state index contributed by atoms with van der Waals surface area (Å²) >= 11 is 0. The van der Waals surface area contributed by atoms with Gasteiger partial charge in [0.1, 0.15) is 0 Å². The van der Waals surface area contributed by atoms with Crippen molar-refractivity contribution >= 4 is 26.6 Å². The van der Waals surface area contributed by atoms with Crippen LogP contribution in [0.4, 0.5) is 0 Å². The largest absolute Gasteiger partial charge is 0.343 e. The summed E-state index contributed by atoms with van der Waals surface area (Å²) in [5.74, 6) is -0.481. The molecule has 0 bridgehead atoms. The van der Waals surface area contributed by atoms with Crippen molar-refractivity contribution in [2.24, 2.45) is 0 Å². The quantitative estimate of drug-likeness (QED) is 0.841. The molecule has 1 aromatic heterocycles. The van der Waals surface area contributed by atoms with E-state index in [1.54, 1.807) is 6.07 Å². The van der Waals surface area contributed by atoms with Crippen LogP contribution in [0.15, 0.2) is 35.7 Å². The van der Waals surface area contributed by atoms with Gasteiger partial charge in [0.2, 0.25) is 0 Å². The van der Waals surface area contributed by atoms with Crippen molar-refractivity contribution in [1.82, 2.24) is 15.5 Å². The van der Waals surface area contributed by atoms with E-state index in [9.17, 15) is 13.2 Å². The Kier molecular flexibility index (Phi) is 2.63. The minimum absolute atomic E-state index is 0.0961. The van der Waals surface area contributed by atoms with Gasteiger partial charge in [-0.1, -0.05) is 18.2 Å². The van der Waals surface area contributed by atoms with Crippen molar-refractivity contribution in [3.05, 3.63) is 41.4 Å². The van der Waals surface area contributed by atoms with E-state index >= 15 is 0 Å². The Labute approximate surface area is 109 Å². The molecule has 98 valence electrons. The Bertz CT molecular complexity index is 776. The number of aromatic amines is 1. The molecular formula is C12H11N3O3S. The molecule has 0 saturated carbocycles. The predicted molar refractivity (Wildman–Crippen MR) is 70.3 cm³/mol. The monoisotopic (exact) mass is 277 g/mol. The topological polar surface area (TPSA) is 91.9 Å². The van der Waals surface area contributed by atoms with Gasteiger partial charge < -0.3 is 5.32 Å². The third-order valence-electron chi connectivity index (χ3n) is 2.93. The summed E-state index contributed by atoms with van der Waals surface area (Å²) in [6.07, 6.45) is 1.47. The molecule has 2 aromatic rings. The zero-order chi connectivity index (χ0) is 13.5. The van der Waals surface area contributed by atoms with Crippen LogP contribution in [0.25, 0.3) is 10.9 Å². The van der Waals surface area contributed by atoms with Crippen molar-refractivity contribution in [3.63, 3.8) is 0 Å². The van der Waals surface area contributed by atoms with Crippen molar-refractivity contribution in [1.29, 1.82) is 0 Å². The van der Waals surface area contributed by atoms with Gasteiger partial charge in [0.25, 0.3) is 5.91 Å². The molecule has 6 nitrogen and oxygen atoms in total. The first-order valence-corrected chi connectivity index (χ1v) is 7.42. The van der Waals surface area contributed by atoms with E-state index in [0.29, 0.717) is 5.39 Å². The molecule has 0 spiro atoms. The third kappa shape index (κ3) is 2.24. The zero-order valence-electron chi connectivity index (χ0n) is 9.83. The highest BCUT2D eigenvalue weighted by Crippen LogP contribution is 2.16. The summed E-state index contributed by atoms with van der Waals surface area (Å²) in [5.41, 5.74) is 1.04. The molecule has 1 amide bonds. The lowest BCUT2D eigenvalue weighted by Crippen LogP contribution is -2.35. The fourth-order valence-corrected chi connectivity index (χ4v) is 3.27. The molecule has 1 aliphatic heterocycles. The Hall–Kier alpha value is -2.15. The van der Waals surface area contributed by atoms with Gasteiger partial charge in [0.05, 0.1) is 17.3 Å². The summed E-state index contributed by atoms with van der Waals surface area (Å²) < 4.78 is 22.5. The number of rotatable bonds is 2. The van der Waals surface area contributed by atoms with Gasteiger partial charge in [-0.25, -0.2) is 8.42 Å². The van der Waals surface area contributed by atoms with Crippen LogP contribution in [0, 0.1) is 0 Å². The van der Waals surface area contributed by atoms with Gasteiger partial charge in [-0.3, -0.25) is 9.89 Å². The standard InChI is InChI=1S/C12H11N3O3S/c16-12(13-8-5-6-19(17,18)7-8)11-9-3-1-2-4-10(9)14-15-11/h1-6,8H,7H2,(H,13,16)(H,14,15). The van der Waals surface area contributed by atoms with Crippen LogP contribution in [0.3, 0.4) is 0 Å². The van der Waals surface area contributed by atoms with E-state index in [1.807, 2.05) is 18.2 Å². The van der Waals surface area contributed by atoms with Crippen molar-refractivity contribution in [3.8, 4) is 0 Å². The number of H-pyrrole nitrogens is 1. The van der Waals surface area contributed by atoms with Crippen LogP contribution in [0.2, 0.25) is 0 Å². The number of carbonyl (C=O) groups is 1. The average Bonchev–Trinajstić information content (AvgIpc) is 2.92. The van der Waals surface area contributed by atoms with E-state index in [-0.39, 0.29) is 17.4 Å². The van der Waals surface area contributed by atoms with Crippen LogP contribution in [0.1, 0.15) is 10.5 Å². The maximum atomic E-state index is 12.1. The van der Waals surface area contributed by atoms with Crippen LogP contribution in [-0.4, -0.2) is 36.3 Å². The van der Waals surface area contributed by atoms with Gasteiger partial charge in [-0.2, -0.15) is 5.10 Å².